The van der Waals surface area contributed by atoms with Crippen LogP contribution in [0.15, 0.2) is 42.6 Å². The van der Waals surface area contributed by atoms with E-state index in [4.69, 9.17) is 5.73 Å². The highest BCUT2D eigenvalue weighted by Gasteiger charge is 2.07. The summed E-state index contributed by atoms with van der Waals surface area (Å²) >= 11 is 0. The van der Waals surface area contributed by atoms with Crippen molar-refractivity contribution in [2.45, 2.75) is 26.2 Å². The second-order valence-corrected chi connectivity index (χ2v) is 5.22. The number of anilines is 1. The zero-order valence-corrected chi connectivity index (χ0v) is 12.2. The van der Waals surface area contributed by atoms with Gasteiger partial charge in [0.1, 0.15) is 5.52 Å². The Labute approximate surface area is 124 Å². The predicted molar refractivity (Wildman–Crippen MR) is 90.0 cm³/mol. The van der Waals surface area contributed by atoms with Gasteiger partial charge in [-0.05, 0) is 24.1 Å². The van der Waals surface area contributed by atoms with E-state index >= 15 is 0 Å². The number of rotatable bonds is 4. The Morgan fingerprint density at radius 1 is 1.19 bits per heavy atom. The highest BCUT2D eigenvalue weighted by atomic mass is 14.9. The molecule has 106 valence electrons. The molecular formula is C18H19N3. The fraction of sp³-hybridized carbons (Fsp3) is 0.222. The molecule has 2 N–H and O–H groups in total. The van der Waals surface area contributed by atoms with E-state index in [9.17, 15) is 0 Å². The quantitative estimate of drug-likeness (QED) is 0.561. The van der Waals surface area contributed by atoms with Crippen LogP contribution in [-0.2, 0) is 0 Å². The Hall–Kier alpha value is -2.42. The molecule has 3 aromatic rings. The molecule has 0 bridgehead atoms. The highest BCUT2D eigenvalue weighted by Crippen LogP contribution is 2.27. The molecule has 2 aromatic heterocycles. The Bertz CT molecular complexity index is 806. The maximum Gasteiger partial charge on any atom is 0.150 e. The monoisotopic (exact) mass is 277 g/mol. The van der Waals surface area contributed by atoms with Crippen LogP contribution in [0, 0.1) is 0 Å². The van der Waals surface area contributed by atoms with Crippen LogP contribution < -0.4 is 5.73 Å². The summed E-state index contributed by atoms with van der Waals surface area (Å²) in [4.78, 5) is 8.91. The summed E-state index contributed by atoms with van der Waals surface area (Å²) in [6, 6.07) is 10.2. The van der Waals surface area contributed by atoms with Gasteiger partial charge in [0.05, 0.1) is 5.52 Å². The molecule has 0 atom stereocenters. The third-order valence-corrected chi connectivity index (χ3v) is 3.62. The second kappa shape index (κ2) is 5.92. The average molecular weight is 277 g/mol. The number of aromatic nitrogens is 2. The summed E-state index contributed by atoms with van der Waals surface area (Å²) < 4.78 is 0. The smallest absolute Gasteiger partial charge is 0.150 e. The van der Waals surface area contributed by atoms with Crippen molar-refractivity contribution >= 4 is 33.7 Å². The summed E-state index contributed by atoms with van der Waals surface area (Å²) in [5.74, 6) is 0.491. The summed E-state index contributed by atoms with van der Waals surface area (Å²) in [5, 5.41) is 2.16. The molecule has 0 fully saturated rings. The Kier molecular flexibility index (Phi) is 3.82. The summed E-state index contributed by atoms with van der Waals surface area (Å²) in [6.45, 7) is 2.20. The number of nitrogens with two attached hydrogens (primary N) is 1. The van der Waals surface area contributed by atoms with Crippen LogP contribution in [0.2, 0.25) is 0 Å². The van der Waals surface area contributed by atoms with Crippen molar-refractivity contribution in [3.8, 4) is 0 Å². The number of hydrogen-bond donors (Lipinski definition) is 1. The van der Waals surface area contributed by atoms with Crippen LogP contribution in [0.3, 0.4) is 0 Å². The Morgan fingerprint density at radius 3 is 2.90 bits per heavy atom. The largest absolute Gasteiger partial charge is 0.382 e. The van der Waals surface area contributed by atoms with E-state index in [0.717, 1.165) is 33.8 Å². The molecule has 3 rings (SSSR count). The molecule has 0 saturated heterocycles. The Morgan fingerprint density at radius 2 is 2.05 bits per heavy atom. The van der Waals surface area contributed by atoms with Crippen LogP contribution in [0.4, 0.5) is 5.82 Å². The third kappa shape index (κ3) is 2.72. The lowest BCUT2D eigenvalue weighted by Gasteiger charge is -2.06. The number of allylic oxidation sites excluding steroid dienone is 1. The van der Waals surface area contributed by atoms with Crippen LogP contribution in [0.1, 0.15) is 31.7 Å². The standard InChI is InChI=1S/C18H19N3/c1-2-3-4-5-8-13-11-15-14-9-6-7-10-16(14)21-18(19)17(15)20-12-13/h5-12H,2-4H2,1H3,(H2,19,21). The van der Waals surface area contributed by atoms with Gasteiger partial charge in [-0.1, -0.05) is 50.1 Å². The molecule has 3 heteroatoms. The third-order valence-electron chi connectivity index (χ3n) is 3.62. The molecule has 0 aliphatic carbocycles. The zero-order chi connectivity index (χ0) is 14.7. The summed E-state index contributed by atoms with van der Waals surface area (Å²) in [6.07, 6.45) is 9.74. The van der Waals surface area contributed by atoms with Crippen molar-refractivity contribution in [1.29, 1.82) is 0 Å². The van der Waals surface area contributed by atoms with E-state index in [0.29, 0.717) is 5.82 Å². The van der Waals surface area contributed by atoms with Crippen molar-refractivity contribution in [3.63, 3.8) is 0 Å². The molecule has 0 aliphatic heterocycles. The second-order valence-electron chi connectivity index (χ2n) is 5.22. The molecule has 0 amide bonds. The molecular weight excluding hydrogens is 258 g/mol. The van der Waals surface area contributed by atoms with Gasteiger partial charge in [0.15, 0.2) is 5.82 Å². The van der Waals surface area contributed by atoms with Gasteiger partial charge in [0, 0.05) is 17.0 Å². The SMILES string of the molecule is CCCCC=Cc1cnc2c(N)nc3ccccc3c2c1. The number of para-hydroxylation sites is 1. The van der Waals surface area contributed by atoms with Gasteiger partial charge < -0.3 is 5.73 Å². The highest BCUT2D eigenvalue weighted by molar-refractivity contribution is 6.08. The van der Waals surface area contributed by atoms with Crippen LogP contribution >= 0.6 is 0 Å². The first-order chi connectivity index (χ1) is 10.3. The molecule has 2 heterocycles. The number of benzene rings is 1. The van der Waals surface area contributed by atoms with Crippen molar-refractivity contribution in [2.24, 2.45) is 0 Å². The topological polar surface area (TPSA) is 51.8 Å². The van der Waals surface area contributed by atoms with Crippen molar-refractivity contribution in [3.05, 3.63) is 48.2 Å². The van der Waals surface area contributed by atoms with Crippen molar-refractivity contribution in [2.75, 3.05) is 5.73 Å². The summed E-state index contributed by atoms with van der Waals surface area (Å²) in [7, 11) is 0. The maximum atomic E-state index is 6.02. The molecule has 0 spiro atoms. The molecule has 3 nitrogen and oxygen atoms in total. The van der Waals surface area contributed by atoms with Gasteiger partial charge in [0.2, 0.25) is 0 Å². The van der Waals surface area contributed by atoms with E-state index in [1.54, 1.807) is 0 Å². The maximum absolute atomic E-state index is 6.02. The number of nitrogens with zero attached hydrogens (tertiary/aromatic N) is 2. The van der Waals surface area contributed by atoms with Crippen LogP contribution in [0.25, 0.3) is 27.9 Å². The van der Waals surface area contributed by atoms with Crippen LogP contribution in [-0.4, -0.2) is 9.97 Å². The van der Waals surface area contributed by atoms with E-state index < -0.39 is 0 Å². The predicted octanol–water partition coefficient (Wildman–Crippen LogP) is 4.57. The zero-order valence-electron chi connectivity index (χ0n) is 12.2. The first-order valence-electron chi connectivity index (χ1n) is 7.40. The fourth-order valence-corrected chi connectivity index (χ4v) is 2.50. The Balaban J connectivity index is 2.11. The molecule has 21 heavy (non-hydrogen) atoms. The van der Waals surface area contributed by atoms with E-state index in [-0.39, 0.29) is 0 Å². The van der Waals surface area contributed by atoms with Gasteiger partial charge in [-0.2, -0.15) is 0 Å². The van der Waals surface area contributed by atoms with Crippen molar-refractivity contribution in [1.82, 2.24) is 9.97 Å². The number of hydrogen-bond acceptors (Lipinski definition) is 3. The number of unbranched alkanes of at least 4 members (excludes halogenated alkanes) is 2. The summed E-state index contributed by atoms with van der Waals surface area (Å²) in [5.41, 5.74) is 8.82. The number of pyridine rings is 2. The molecule has 0 unspecified atom stereocenters. The van der Waals surface area contributed by atoms with E-state index in [1.165, 1.54) is 12.8 Å². The molecule has 0 aliphatic rings. The van der Waals surface area contributed by atoms with E-state index in [1.807, 2.05) is 24.4 Å². The van der Waals surface area contributed by atoms with Gasteiger partial charge >= 0.3 is 0 Å². The fourth-order valence-electron chi connectivity index (χ4n) is 2.50. The normalized spacial score (nSPS) is 11.7. The lowest BCUT2D eigenvalue weighted by Crippen LogP contribution is -1.95. The first-order valence-corrected chi connectivity index (χ1v) is 7.40. The molecule has 1 aromatic carbocycles. The first kappa shape index (κ1) is 13.6. The molecule has 0 radical (unpaired) electrons. The molecule has 0 saturated carbocycles. The minimum atomic E-state index is 0.491. The minimum Gasteiger partial charge on any atom is -0.382 e. The van der Waals surface area contributed by atoms with Crippen LogP contribution in [0.5, 0.6) is 0 Å². The van der Waals surface area contributed by atoms with Gasteiger partial charge in [0.25, 0.3) is 0 Å². The average Bonchev–Trinajstić information content (AvgIpc) is 2.52. The number of nitrogen functional groups attached to an aromatic ring is 1. The van der Waals surface area contributed by atoms with Gasteiger partial charge in [-0.3, -0.25) is 4.98 Å². The van der Waals surface area contributed by atoms with Crippen molar-refractivity contribution < 1.29 is 0 Å². The van der Waals surface area contributed by atoms with E-state index in [2.05, 4.69) is 41.2 Å². The van der Waals surface area contributed by atoms with Gasteiger partial charge in [-0.25, -0.2) is 4.98 Å². The number of fused-ring (bicyclic) bond motifs is 3. The van der Waals surface area contributed by atoms with Gasteiger partial charge in [-0.15, -0.1) is 0 Å². The lowest BCUT2D eigenvalue weighted by atomic mass is 10.1. The lowest BCUT2D eigenvalue weighted by molar-refractivity contribution is 0.816. The minimum absolute atomic E-state index is 0.491.